The molecule has 1 amide bonds. The summed E-state index contributed by atoms with van der Waals surface area (Å²) in [7, 11) is 0. The minimum atomic E-state index is -1.12. The van der Waals surface area contributed by atoms with E-state index in [0.717, 1.165) is 16.7 Å². The molecule has 40 heavy (non-hydrogen) atoms. The Morgan fingerprint density at radius 3 is 1.80 bits per heavy atom. The highest BCUT2D eigenvalue weighted by Gasteiger charge is 2.23. The summed E-state index contributed by atoms with van der Waals surface area (Å²) < 4.78 is 12.2. The van der Waals surface area contributed by atoms with Crippen LogP contribution in [0.4, 0.5) is 0 Å². The number of hydrogen-bond acceptors (Lipinski definition) is 4. The Labute approximate surface area is 235 Å². The van der Waals surface area contributed by atoms with Crippen LogP contribution >= 0.6 is 0 Å². The van der Waals surface area contributed by atoms with Crippen molar-refractivity contribution < 1.29 is 24.2 Å². The van der Waals surface area contributed by atoms with Gasteiger partial charge in [-0.05, 0) is 51.9 Å². The number of ether oxygens (including phenoxy) is 2. The normalized spacial score (nSPS) is 11.9. The van der Waals surface area contributed by atoms with E-state index in [1.165, 1.54) is 0 Å². The highest BCUT2D eigenvalue weighted by molar-refractivity contribution is 5.96. The average Bonchev–Trinajstić information content (AvgIpc) is 2.95. The molecule has 206 valence electrons. The fraction of sp³-hybridized carbons (Fsp3) is 0.235. The Bertz CT molecular complexity index is 1410. The van der Waals surface area contributed by atoms with Crippen molar-refractivity contribution in [1.82, 2.24) is 5.32 Å². The van der Waals surface area contributed by atoms with Crippen molar-refractivity contribution in [2.75, 3.05) is 0 Å². The van der Waals surface area contributed by atoms with Gasteiger partial charge in [-0.25, -0.2) is 4.79 Å². The van der Waals surface area contributed by atoms with E-state index in [1.807, 2.05) is 72.8 Å². The first-order valence-electron chi connectivity index (χ1n) is 13.3. The Morgan fingerprint density at radius 2 is 1.27 bits per heavy atom. The molecule has 0 aliphatic rings. The quantitative estimate of drug-likeness (QED) is 0.226. The largest absolute Gasteiger partial charge is 0.485 e. The van der Waals surface area contributed by atoms with Crippen LogP contribution < -0.4 is 14.8 Å². The Kier molecular flexibility index (Phi) is 9.23. The van der Waals surface area contributed by atoms with Crippen molar-refractivity contribution in [1.29, 1.82) is 0 Å². The molecule has 0 heterocycles. The SMILES string of the molecule is CC(C)(C)c1ccc(C(=O)N[C@H](Cc2ccc(OCc3ccccc3)c(OCc3ccccc3)c2)C(=O)O)cc1. The molecule has 0 saturated carbocycles. The van der Waals surface area contributed by atoms with E-state index in [4.69, 9.17) is 9.47 Å². The molecular weight excluding hydrogens is 502 g/mol. The highest BCUT2D eigenvalue weighted by atomic mass is 16.5. The van der Waals surface area contributed by atoms with Crippen LogP contribution in [-0.4, -0.2) is 23.0 Å². The summed E-state index contributed by atoms with van der Waals surface area (Å²) in [5.41, 5.74) is 4.17. The summed E-state index contributed by atoms with van der Waals surface area (Å²) in [4.78, 5) is 25.0. The van der Waals surface area contributed by atoms with Gasteiger partial charge in [-0.15, -0.1) is 0 Å². The molecule has 4 aromatic carbocycles. The molecular formula is C34H35NO5. The van der Waals surface area contributed by atoms with Gasteiger partial charge in [-0.3, -0.25) is 4.79 Å². The first-order chi connectivity index (χ1) is 19.2. The van der Waals surface area contributed by atoms with Gasteiger partial charge in [0.1, 0.15) is 19.3 Å². The van der Waals surface area contributed by atoms with E-state index in [0.29, 0.717) is 35.8 Å². The molecule has 0 fully saturated rings. The van der Waals surface area contributed by atoms with E-state index >= 15 is 0 Å². The van der Waals surface area contributed by atoms with Gasteiger partial charge in [0.15, 0.2) is 11.5 Å². The zero-order chi connectivity index (χ0) is 28.5. The second-order valence-electron chi connectivity index (χ2n) is 10.7. The third kappa shape index (κ3) is 7.96. The van der Waals surface area contributed by atoms with E-state index in [2.05, 4.69) is 26.1 Å². The molecule has 4 aromatic rings. The van der Waals surface area contributed by atoms with Crippen LogP contribution in [0.15, 0.2) is 103 Å². The lowest BCUT2D eigenvalue weighted by Gasteiger charge is -2.20. The number of rotatable bonds is 11. The summed E-state index contributed by atoms with van der Waals surface area (Å²) in [6.07, 6.45) is 0.0851. The molecule has 6 nitrogen and oxygen atoms in total. The molecule has 0 aliphatic carbocycles. The summed E-state index contributed by atoms with van der Waals surface area (Å²) in [6, 6.07) is 31.1. The summed E-state index contributed by atoms with van der Waals surface area (Å²) in [5.74, 6) is -0.490. The molecule has 1 atom stereocenters. The second-order valence-corrected chi connectivity index (χ2v) is 10.7. The number of hydrogen-bond donors (Lipinski definition) is 2. The lowest BCUT2D eigenvalue weighted by molar-refractivity contribution is -0.139. The van der Waals surface area contributed by atoms with Crippen LogP contribution in [0.2, 0.25) is 0 Å². The van der Waals surface area contributed by atoms with Crippen molar-refractivity contribution in [3.63, 3.8) is 0 Å². The second kappa shape index (κ2) is 13.0. The average molecular weight is 538 g/mol. The van der Waals surface area contributed by atoms with Gasteiger partial charge >= 0.3 is 5.97 Å². The number of carbonyl (C=O) groups excluding carboxylic acids is 1. The van der Waals surface area contributed by atoms with Gasteiger partial charge in [-0.2, -0.15) is 0 Å². The summed E-state index contributed by atoms with van der Waals surface area (Å²) in [5, 5.41) is 12.6. The van der Waals surface area contributed by atoms with Crippen LogP contribution in [0, 0.1) is 0 Å². The lowest BCUT2D eigenvalue weighted by atomic mass is 9.86. The van der Waals surface area contributed by atoms with Crippen LogP contribution in [-0.2, 0) is 29.8 Å². The molecule has 0 aliphatic heterocycles. The smallest absolute Gasteiger partial charge is 0.326 e. The predicted octanol–water partition coefficient (Wildman–Crippen LogP) is 6.57. The zero-order valence-corrected chi connectivity index (χ0v) is 23.1. The van der Waals surface area contributed by atoms with Gasteiger partial charge in [0.25, 0.3) is 5.91 Å². The monoisotopic (exact) mass is 537 g/mol. The molecule has 0 bridgehead atoms. The molecule has 0 spiro atoms. The number of carboxylic acid groups (broad SMARTS) is 1. The molecule has 0 saturated heterocycles. The number of aliphatic carboxylic acids is 1. The molecule has 0 radical (unpaired) electrons. The van der Waals surface area contributed by atoms with E-state index in [1.54, 1.807) is 30.3 Å². The van der Waals surface area contributed by atoms with Crippen LogP contribution in [0.25, 0.3) is 0 Å². The fourth-order valence-electron chi connectivity index (χ4n) is 4.18. The molecule has 6 heteroatoms. The fourth-order valence-corrected chi connectivity index (χ4v) is 4.18. The van der Waals surface area contributed by atoms with Crippen LogP contribution in [0.3, 0.4) is 0 Å². The Morgan fingerprint density at radius 1 is 0.725 bits per heavy atom. The van der Waals surface area contributed by atoms with E-state index < -0.39 is 17.9 Å². The number of carbonyl (C=O) groups is 2. The minimum absolute atomic E-state index is 0.0458. The predicted molar refractivity (Wildman–Crippen MR) is 156 cm³/mol. The third-order valence-corrected chi connectivity index (χ3v) is 6.54. The summed E-state index contributed by atoms with van der Waals surface area (Å²) in [6.45, 7) is 6.98. The van der Waals surface area contributed by atoms with Crippen molar-refractivity contribution in [3.8, 4) is 11.5 Å². The van der Waals surface area contributed by atoms with Gasteiger partial charge < -0.3 is 19.9 Å². The number of amides is 1. The highest BCUT2D eigenvalue weighted by Crippen LogP contribution is 2.31. The number of carboxylic acids is 1. The number of benzene rings is 4. The van der Waals surface area contributed by atoms with Gasteiger partial charge in [0, 0.05) is 12.0 Å². The van der Waals surface area contributed by atoms with Crippen molar-refractivity contribution in [2.45, 2.75) is 51.9 Å². The van der Waals surface area contributed by atoms with Gasteiger partial charge in [0.05, 0.1) is 0 Å². The zero-order valence-electron chi connectivity index (χ0n) is 23.1. The van der Waals surface area contributed by atoms with Crippen LogP contribution in [0.1, 0.15) is 53.4 Å². The van der Waals surface area contributed by atoms with Crippen molar-refractivity contribution in [2.24, 2.45) is 0 Å². The number of nitrogens with one attached hydrogen (secondary N) is 1. The maximum absolute atomic E-state index is 12.9. The third-order valence-electron chi connectivity index (χ3n) is 6.54. The standard InChI is InChI=1S/C34H35NO5/c1-34(2,3)28-17-15-27(16-18-28)32(36)35-29(33(37)38)20-26-14-19-30(39-22-24-10-6-4-7-11-24)31(21-26)40-23-25-12-8-5-9-13-25/h4-19,21,29H,20,22-23H2,1-3H3,(H,35,36)(H,37,38)/t29-/m1/s1. The van der Waals surface area contributed by atoms with E-state index in [-0.39, 0.29) is 11.8 Å². The Balaban J connectivity index is 1.50. The van der Waals surface area contributed by atoms with Gasteiger partial charge in [0.2, 0.25) is 0 Å². The lowest BCUT2D eigenvalue weighted by Crippen LogP contribution is -2.42. The Hall–Kier alpha value is -4.58. The maximum atomic E-state index is 12.9. The first-order valence-corrected chi connectivity index (χ1v) is 13.3. The molecule has 0 unspecified atom stereocenters. The van der Waals surface area contributed by atoms with Crippen molar-refractivity contribution >= 4 is 11.9 Å². The summed E-state index contributed by atoms with van der Waals surface area (Å²) >= 11 is 0. The molecule has 2 N–H and O–H groups in total. The topological polar surface area (TPSA) is 84.9 Å². The minimum Gasteiger partial charge on any atom is -0.485 e. The first kappa shape index (κ1) is 28.4. The maximum Gasteiger partial charge on any atom is 0.326 e. The van der Waals surface area contributed by atoms with Crippen LogP contribution in [0.5, 0.6) is 11.5 Å². The van der Waals surface area contributed by atoms with Gasteiger partial charge in [-0.1, -0.05) is 99.6 Å². The van der Waals surface area contributed by atoms with E-state index in [9.17, 15) is 14.7 Å². The van der Waals surface area contributed by atoms with Crippen molar-refractivity contribution in [3.05, 3.63) is 131 Å². The molecule has 0 aromatic heterocycles. The molecule has 4 rings (SSSR count).